The monoisotopic (exact) mass is 342 g/mol. The molecule has 0 bridgehead atoms. The molecule has 2 aromatic rings. The number of fused-ring (bicyclic) bond motifs is 1. The van der Waals surface area contributed by atoms with Gasteiger partial charge in [-0.05, 0) is 32.8 Å². The number of aromatic amines is 1. The summed E-state index contributed by atoms with van der Waals surface area (Å²) in [4.78, 5) is 31.4. The Labute approximate surface area is 148 Å². The van der Waals surface area contributed by atoms with Crippen LogP contribution in [0.15, 0.2) is 18.6 Å². The van der Waals surface area contributed by atoms with Crippen LogP contribution < -0.4 is 4.90 Å². The fraction of sp³-hybridized carbons (Fsp3) is 0.611. The summed E-state index contributed by atoms with van der Waals surface area (Å²) < 4.78 is 0. The summed E-state index contributed by atoms with van der Waals surface area (Å²) >= 11 is 0. The van der Waals surface area contributed by atoms with E-state index >= 15 is 0 Å². The molecule has 4 rings (SSSR count). The van der Waals surface area contributed by atoms with E-state index in [1.54, 1.807) is 6.33 Å². The molecule has 2 aromatic heterocycles. The predicted molar refractivity (Wildman–Crippen MR) is 97.5 cm³/mol. The molecule has 25 heavy (non-hydrogen) atoms. The molecule has 7 nitrogen and oxygen atoms in total. The van der Waals surface area contributed by atoms with Crippen LogP contribution in [0.4, 0.5) is 5.82 Å². The van der Waals surface area contributed by atoms with E-state index in [-0.39, 0.29) is 6.04 Å². The Kier molecular flexibility index (Phi) is 4.33. The molecule has 4 heterocycles. The van der Waals surface area contributed by atoms with Gasteiger partial charge in [-0.15, -0.1) is 0 Å². The van der Waals surface area contributed by atoms with Gasteiger partial charge in [-0.2, -0.15) is 0 Å². The van der Waals surface area contributed by atoms with Crippen LogP contribution in [0.25, 0.3) is 11.0 Å². The normalized spacial score (nSPS) is 23.0. The molecule has 134 valence electrons. The molecule has 1 amide bonds. The molecule has 0 spiro atoms. The van der Waals surface area contributed by atoms with Gasteiger partial charge in [0.2, 0.25) is 5.91 Å². The summed E-state index contributed by atoms with van der Waals surface area (Å²) in [6, 6.07) is 2.37. The maximum absolute atomic E-state index is 12.8. The van der Waals surface area contributed by atoms with E-state index in [9.17, 15) is 4.79 Å². The van der Waals surface area contributed by atoms with Crippen molar-refractivity contribution in [3.05, 3.63) is 18.6 Å². The van der Waals surface area contributed by atoms with Crippen molar-refractivity contribution in [3.63, 3.8) is 0 Å². The standard InChI is InChI=1S/C18H26N6O/c1-13(2)24-7-3-4-15(18(24)25)22-8-10-23(11-9-22)17-14-5-6-19-16(14)20-12-21-17/h5-6,12-13,15H,3-4,7-11H2,1-2H3,(H,19,20,21). The first-order valence-electron chi connectivity index (χ1n) is 9.22. The Bertz CT molecular complexity index is 749. The highest BCUT2D eigenvalue weighted by atomic mass is 16.2. The lowest BCUT2D eigenvalue weighted by atomic mass is 10.0. The lowest BCUT2D eigenvalue weighted by molar-refractivity contribution is -0.142. The average molecular weight is 342 g/mol. The Morgan fingerprint density at radius 3 is 2.72 bits per heavy atom. The van der Waals surface area contributed by atoms with Crippen molar-refractivity contribution in [2.45, 2.75) is 38.8 Å². The smallest absolute Gasteiger partial charge is 0.240 e. The number of anilines is 1. The van der Waals surface area contributed by atoms with Crippen LogP contribution in [0, 0.1) is 0 Å². The van der Waals surface area contributed by atoms with Crippen LogP contribution in [-0.4, -0.2) is 75.5 Å². The highest BCUT2D eigenvalue weighted by Gasteiger charge is 2.35. The molecule has 2 aliphatic rings. The topological polar surface area (TPSA) is 68.4 Å². The highest BCUT2D eigenvalue weighted by Crippen LogP contribution is 2.25. The molecular weight excluding hydrogens is 316 g/mol. The van der Waals surface area contributed by atoms with Crippen molar-refractivity contribution in [3.8, 4) is 0 Å². The average Bonchev–Trinajstić information content (AvgIpc) is 3.10. The zero-order valence-electron chi connectivity index (χ0n) is 15.0. The number of likely N-dealkylation sites (tertiary alicyclic amines) is 1. The fourth-order valence-corrected chi connectivity index (χ4v) is 4.09. The minimum absolute atomic E-state index is 0.0518. The zero-order valence-corrected chi connectivity index (χ0v) is 15.0. The summed E-state index contributed by atoms with van der Waals surface area (Å²) in [6.45, 7) is 8.70. The summed E-state index contributed by atoms with van der Waals surface area (Å²) in [5.74, 6) is 1.30. The third kappa shape index (κ3) is 2.97. The number of piperidine rings is 1. The number of H-pyrrole nitrogens is 1. The number of hydrogen-bond donors (Lipinski definition) is 1. The highest BCUT2D eigenvalue weighted by molar-refractivity contribution is 5.87. The lowest BCUT2D eigenvalue weighted by Crippen LogP contribution is -2.58. The van der Waals surface area contributed by atoms with Crippen molar-refractivity contribution in [2.75, 3.05) is 37.6 Å². The number of carbonyl (C=O) groups is 1. The number of nitrogens with one attached hydrogen (secondary N) is 1. The van der Waals surface area contributed by atoms with Crippen LogP contribution in [0.5, 0.6) is 0 Å². The van der Waals surface area contributed by atoms with E-state index in [1.165, 1.54) is 0 Å². The van der Waals surface area contributed by atoms with E-state index in [0.717, 1.165) is 62.4 Å². The van der Waals surface area contributed by atoms with Crippen molar-refractivity contribution in [1.82, 2.24) is 24.8 Å². The van der Waals surface area contributed by atoms with Crippen LogP contribution >= 0.6 is 0 Å². The van der Waals surface area contributed by atoms with Gasteiger partial charge in [0.15, 0.2) is 0 Å². The van der Waals surface area contributed by atoms with Gasteiger partial charge in [-0.3, -0.25) is 9.69 Å². The van der Waals surface area contributed by atoms with Crippen LogP contribution in [-0.2, 0) is 4.79 Å². The summed E-state index contributed by atoms with van der Waals surface area (Å²) in [5.41, 5.74) is 0.877. The Balaban J connectivity index is 1.45. The minimum Gasteiger partial charge on any atom is -0.353 e. The zero-order chi connectivity index (χ0) is 17.4. The molecule has 0 radical (unpaired) electrons. The molecule has 2 fully saturated rings. The molecule has 2 aliphatic heterocycles. The largest absolute Gasteiger partial charge is 0.353 e. The van der Waals surface area contributed by atoms with Gasteiger partial charge >= 0.3 is 0 Å². The molecule has 7 heteroatoms. The molecule has 1 N–H and O–H groups in total. The number of nitrogens with zero attached hydrogens (tertiary/aromatic N) is 5. The van der Waals surface area contributed by atoms with E-state index in [4.69, 9.17) is 0 Å². The number of amides is 1. The number of hydrogen-bond acceptors (Lipinski definition) is 5. The Morgan fingerprint density at radius 1 is 1.16 bits per heavy atom. The first kappa shape index (κ1) is 16.3. The van der Waals surface area contributed by atoms with Crippen LogP contribution in [0.2, 0.25) is 0 Å². The van der Waals surface area contributed by atoms with Gasteiger partial charge in [0.25, 0.3) is 0 Å². The predicted octanol–water partition coefficient (Wildman–Crippen LogP) is 1.48. The van der Waals surface area contributed by atoms with Gasteiger partial charge in [0.1, 0.15) is 17.8 Å². The van der Waals surface area contributed by atoms with Gasteiger partial charge in [0, 0.05) is 45.0 Å². The first-order valence-corrected chi connectivity index (χ1v) is 9.22. The summed E-state index contributed by atoms with van der Waals surface area (Å²) in [7, 11) is 0. The lowest BCUT2D eigenvalue weighted by Gasteiger charge is -2.43. The van der Waals surface area contributed by atoms with Crippen molar-refractivity contribution < 1.29 is 4.79 Å². The molecule has 0 saturated carbocycles. The fourth-order valence-electron chi connectivity index (χ4n) is 4.09. The quantitative estimate of drug-likeness (QED) is 0.915. The molecule has 2 saturated heterocycles. The number of piperazine rings is 1. The second kappa shape index (κ2) is 6.63. The van der Waals surface area contributed by atoms with Crippen molar-refractivity contribution in [1.29, 1.82) is 0 Å². The van der Waals surface area contributed by atoms with Crippen LogP contribution in [0.1, 0.15) is 26.7 Å². The molecule has 0 aromatic carbocycles. The second-order valence-corrected chi connectivity index (χ2v) is 7.24. The Hall–Kier alpha value is -2.15. The molecule has 1 unspecified atom stereocenters. The summed E-state index contributed by atoms with van der Waals surface area (Å²) in [6.07, 6.45) is 5.61. The van der Waals surface area contributed by atoms with Gasteiger partial charge in [0.05, 0.1) is 11.4 Å². The molecule has 1 atom stereocenters. The van der Waals surface area contributed by atoms with Crippen LogP contribution in [0.3, 0.4) is 0 Å². The Morgan fingerprint density at radius 2 is 1.96 bits per heavy atom. The number of carbonyl (C=O) groups excluding carboxylic acids is 1. The molecular formula is C18H26N6O. The molecule has 0 aliphatic carbocycles. The van der Waals surface area contributed by atoms with Crippen molar-refractivity contribution in [2.24, 2.45) is 0 Å². The SMILES string of the molecule is CC(C)N1CCCC(N2CCN(c3ncnc4[nH]ccc34)CC2)C1=O. The van der Waals surface area contributed by atoms with Gasteiger partial charge in [-0.1, -0.05) is 0 Å². The van der Waals surface area contributed by atoms with Gasteiger partial charge in [-0.25, -0.2) is 9.97 Å². The third-order valence-electron chi connectivity index (χ3n) is 5.46. The number of rotatable bonds is 3. The van der Waals surface area contributed by atoms with Crippen molar-refractivity contribution >= 4 is 22.8 Å². The number of aromatic nitrogens is 3. The maximum atomic E-state index is 12.8. The maximum Gasteiger partial charge on any atom is 0.240 e. The second-order valence-electron chi connectivity index (χ2n) is 7.24. The first-order chi connectivity index (χ1) is 12.1. The third-order valence-corrected chi connectivity index (χ3v) is 5.46. The summed E-state index contributed by atoms with van der Waals surface area (Å²) in [5, 5.41) is 1.07. The van der Waals surface area contributed by atoms with Gasteiger partial charge < -0.3 is 14.8 Å². The van der Waals surface area contributed by atoms with E-state index < -0.39 is 0 Å². The van der Waals surface area contributed by atoms with E-state index in [2.05, 4.69) is 38.6 Å². The minimum atomic E-state index is 0.0518. The van der Waals surface area contributed by atoms with E-state index in [1.807, 2.05) is 17.2 Å². The van der Waals surface area contributed by atoms with E-state index in [0.29, 0.717) is 11.9 Å².